The van der Waals surface area contributed by atoms with Gasteiger partial charge in [-0.1, -0.05) is 41.4 Å². The molecule has 0 spiro atoms. The number of benzene rings is 2. The van der Waals surface area contributed by atoms with E-state index in [1.807, 2.05) is 12.1 Å². The van der Waals surface area contributed by atoms with Crippen LogP contribution in [0.1, 0.15) is 23.6 Å². The number of rotatable bonds is 1. The molecule has 1 nitrogen and oxygen atoms in total. The minimum absolute atomic E-state index is 0.184. The Morgan fingerprint density at radius 2 is 1.89 bits per heavy atom. The molecule has 0 bridgehead atoms. The fourth-order valence-electron chi connectivity index (χ4n) is 2.54. The molecule has 18 heavy (non-hydrogen) atoms. The Balaban J connectivity index is 2.10. The van der Waals surface area contributed by atoms with E-state index in [1.54, 1.807) is 6.07 Å². The van der Waals surface area contributed by atoms with Crippen molar-refractivity contribution in [2.75, 3.05) is 0 Å². The molecule has 3 rings (SSSR count). The maximum atomic E-state index is 6.23. The van der Waals surface area contributed by atoms with Gasteiger partial charge in [-0.15, -0.1) is 0 Å². The average Bonchev–Trinajstić information content (AvgIpc) is 2.74. The van der Waals surface area contributed by atoms with E-state index in [4.69, 9.17) is 28.9 Å². The van der Waals surface area contributed by atoms with Crippen molar-refractivity contribution in [3.63, 3.8) is 0 Å². The van der Waals surface area contributed by atoms with Gasteiger partial charge >= 0.3 is 0 Å². The topological polar surface area (TPSA) is 26.0 Å². The number of halogens is 2. The van der Waals surface area contributed by atoms with E-state index in [-0.39, 0.29) is 6.04 Å². The Labute approximate surface area is 117 Å². The fraction of sp³-hybridized carbons (Fsp3) is 0.200. The molecule has 1 aliphatic rings. The normalized spacial score (nSPS) is 17.8. The van der Waals surface area contributed by atoms with Crippen LogP contribution in [0.3, 0.4) is 0 Å². The highest BCUT2D eigenvalue weighted by atomic mass is 35.5. The van der Waals surface area contributed by atoms with Gasteiger partial charge in [-0.3, -0.25) is 0 Å². The van der Waals surface area contributed by atoms with Crippen molar-refractivity contribution < 1.29 is 0 Å². The molecule has 1 atom stereocenters. The Morgan fingerprint density at radius 1 is 1.06 bits per heavy atom. The van der Waals surface area contributed by atoms with Gasteiger partial charge in [-0.25, -0.2) is 0 Å². The van der Waals surface area contributed by atoms with Gasteiger partial charge in [0.15, 0.2) is 0 Å². The third-order valence-electron chi connectivity index (χ3n) is 3.51. The lowest BCUT2D eigenvalue weighted by Crippen LogP contribution is -2.04. The molecule has 1 aliphatic carbocycles. The Hall–Kier alpha value is -1.02. The second-order valence-electron chi connectivity index (χ2n) is 4.68. The molecule has 0 aromatic heterocycles. The Morgan fingerprint density at radius 3 is 2.72 bits per heavy atom. The van der Waals surface area contributed by atoms with E-state index >= 15 is 0 Å². The summed E-state index contributed by atoms with van der Waals surface area (Å²) in [5.74, 6) is 0. The molecule has 0 saturated heterocycles. The van der Waals surface area contributed by atoms with Crippen LogP contribution < -0.4 is 5.73 Å². The highest BCUT2D eigenvalue weighted by molar-refractivity contribution is 6.35. The molecule has 92 valence electrons. The predicted octanol–water partition coefficient (Wildman–Crippen LogP) is 4.61. The maximum absolute atomic E-state index is 6.23. The second-order valence-corrected chi connectivity index (χ2v) is 5.53. The van der Waals surface area contributed by atoms with Crippen molar-refractivity contribution in [3.8, 4) is 11.1 Å². The number of fused-ring (bicyclic) bond motifs is 1. The number of aryl methyl sites for hydroxylation is 1. The minimum atomic E-state index is 0.184. The second kappa shape index (κ2) is 4.58. The zero-order valence-electron chi connectivity index (χ0n) is 9.79. The van der Waals surface area contributed by atoms with Crippen LogP contribution in [0.5, 0.6) is 0 Å². The van der Waals surface area contributed by atoms with E-state index in [0.29, 0.717) is 5.02 Å². The van der Waals surface area contributed by atoms with Crippen LogP contribution in [0.2, 0.25) is 10.0 Å². The van der Waals surface area contributed by atoms with Crippen molar-refractivity contribution >= 4 is 23.2 Å². The largest absolute Gasteiger partial charge is 0.324 e. The van der Waals surface area contributed by atoms with Gasteiger partial charge in [0.25, 0.3) is 0 Å². The molecule has 0 amide bonds. The van der Waals surface area contributed by atoms with E-state index in [1.165, 1.54) is 11.1 Å². The highest BCUT2D eigenvalue weighted by Crippen LogP contribution is 2.35. The lowest BCUT2D eigenvalue weighted by atomic mass is 10.00. The van der Waals surface area contributed by atoms with Crippen LogP contribution in [-0.4, -0.2) is 0 Å². The van der Waals surface area contributed by atoms with Crippen LogP contribution >= 0.6 is 23.2 Å². The van der Waals surface area contributed by atoms with E-state index in [2.05, 4.69) is 18.2 Å². The number of hydrogen-bond donors (Lipinski definition) is 1. The van der Waals surface area contributed by atoms with Crippen LogP contribution in [0, 0.1) is 0 Å². The molecule has 0 saturated carbocycles. The lowest BCUT2D eigenvalue weighted by molar-refractivity contribution is 0.713. The Bertz CT molecular complexity index is 607. The monoisotopic (exact) mass is 277 g/mol. The van der Waals surface area contributed by atoms with Crippen molar-refractivity contribution in [1.29, 1.82) is 0 Å². The van der Waals surface area contributed by atoms with Crippen molar-refractivity contribution in [3.05, 3.63) is 57.6 Å². The van der Waals surface area contributed by atoms with Crippen LogP contribution in [0.4, 0.5) is 0 Å². The summed E-state index contributed by atoms with van der Waals surface area (Å²) in [6, 6.07) is 12.1. The van der Waals surface area contributed by atoms with Gasteiger partial charge < -0.3 is 5.73 Å². The Kier molecular flexibility index (Phi) is 3.06. The maximum Gasteiger partial charge on any atom is 0.0485 e. The number of nitrogens with two attached hydrogens (primary N) is 1. The van der Waals surface area contributed by atoms with E-state index in [9.17, 15) is 0 Å². The summed E-state index contributed by atoms with van der Waals surface area (Å²) in [6.45, 7) is 0. The van der Waals surface area contributed by atoms with E-state index < -0.39 is 0 Å². The molecule has 0 aliphatic heterocycles. The summed E-state index contributed by atoms with van der Waals surface area (Å²) in [7, 11) is 0. The van der Waals surface area contributed by atoms with Gasteiger partial charge in [-0.2, -0.15) is 0 Å². The van der Waals surface area contributed by atoms with Crippen LogP contribution in [0.15, 0.2) is 36.4 Å². The molecule has 3 heteroatoms. The quantitative estimate of drug-likeness (QED) is 0.810. The first-order valence-corrected chi connectivity index (χ1v) is 6.74. The summed E-state index contributed by atoms with van der Waals surface area (Å²) < 4.78 is 0. The molecule has 2 N–H and O–H groups in total. The molecular weight excluding hydrogens is 265 g/mol. The van der Waals surface area contributed by atoms with Gasteiger partial charge in [-0.05, 0) is 47.7 Å². The van der Waals surface area contributed by atoms with E-state index in [0.717, 1.165) is 29.0 Å². The van der Waals surface area contributed by atoms with Gasteiger partial charge in [0.1, 0.15) is 0 Å². The van der Waals surface area contributed by atoms with Gasteiger partial charge in [0.05, 0.1) is 0 Å². The lowest BCUT2D eigenvalue weighted by Gasteiger charge is -2.09. The van der Waals surface area contributed by atoms with Gasteiger partial charge in [0, 0.05) is 21.7 Å². The molecule has 0 radical (unpaired) electrons. The SMILES string of the molecule is NC1CCc2cc(-c3cc(Cl)ccc3Cl)ccc21. The summed E-state index contributed by atoms with van der Waals surface area (Å²) in [4.78, 5) is 0. The van der Waals surface area contributed by atoms with Gasteiger partial charge in [0.2, 0.25) is 0 Å². The molecule has 2 aromatic rings. The minimum Gasteiger partial charge on any atom is -0.324 e. The summed E-state index contributed by atoms with van der Waals surface area (Å²) in [5.41, 5.74) is 10.7. The standard InChI is InChI=1S/C15H13Cl2N/c16-11-3-5-14(17)13(8-11)10-1-4-12-9(7-10)2-6-15(12)18/h1,3-5,7-8,15H,2,6,18H2. The first-order chi connectivity index (χ1) is 8.65. The average molecular weight is 278 g/mol. The molecule has 2 aromatic carbocycles. The van der Waals surface area contributed by atoms with Crippen LogP contribution in [0.25, 0.3) is 11.1 Å². The molecular formula is C15H13Cl2N. The number of hydrogen-bond acceptors (Lipinski definition) is 1. The first kappa shape index (κ1) is 12.0. The summed E-state index contributed by atoms with van der Waals surface area (Å²) >= 11 is 12.3. The van der Waals surface area contributed by atoms with Crippen molar-refractivity contribution in [2.24, 2.45) is 5.73 Å². The molecule has 1 unspecified atom stereocenters. The summed E-state index contributed by atoms with van der Waals surface area (Å²) in [6.07, 6.45) is 2.07. The third kappa shape index (κ3) is 2.03. The zero-order valence-corrected chi connectivity index (χ0v) is 11.3. The first-order valence-electron chi connectivity index (χ1n) is 5.99. The molecule has 0 heterocycles. The third-order valence-corrected chi connectivity index (χ3v) is 4.07. The predicted molar refractivity (Wildman–Crippen MR) is 77.1 cm³/mol. The van der Waals surface area contributed by atoms with Crippen molar-refractivity contribution in [2.45, 2.75) is 18.9 Å². The zero-order chi connectivity index (χ0) is 12.7. The fourth-order valence-corrected chi connectivity index (χ4v) is 2.94. The smallest absolute Gasteiger partial charge is 0.0485 e. The highest BCUT2D eigenvalue weighted by Gasteiger charge is 2.19. The molecule has 0 fully saturated rings. The van der Waals surface area contributed by atoms with Crippen molar-refractivity contribution in [1.82, 2.24) is 0 Å². The summed E-state index contributed by atoms with van der Waals surface area (Å²) in [5, 5.41) is 1.42. The van der Waals surface area contributed by atoms with Crippen LogP contribution in [-0.2, 0) is 6.42 Å².